The molecule has 0 fully saturated rings. The van der Waals surface area contributed by atoms with E-state index in [2.05, 4.69) is 6.92 Å². The minimum absolute atomic E-state index is 0.227. The zero-order chi connectivity index (χ0) is 29.5. The zero-order valence-electron chi connectivity index (χ0n) is 25.4. The quantitative estimate of drug-likeness (QED) is 0.124. The minimum Gasteiger partial charge on any atom is -0.497 e. The first kappa shape index (κ1) is 33.8. The van der Waals surface area contributed by atoms with Crippen LogP contribution in [0.25, 0.3) is 0 Å². The molecule has 0 aliphatic rings. The van der Waals surface area contributed by atoms with E-state index in [9.17, 15) is 9.90 Å². The van der Waals surface area contributed by atoms with Crippen molar-refractivity contribution in [2.45, 2.75) is 78.4 Å². The number of carbonyl (C=O) groups is 1. The Hall–Kier alpha value is -3.25. The summed E-state index contributed by atoms with van der Waals surface area (Å²) in [7, 11) is 5.62. The Morgan fingerprint density at radius 1 is 0.974 bits per heavy atom. The number of carbonyl (C=O) groups excluding carboxylic acids is 1. The minimum atomic E-state index is -1.23. The average Bonchev–Trinajstić information content (AvgIpc) is 2.91. The Morgan fingerprint density at radius 2 is 1.54 bits per heavy atom. The summed E-state index contributed by atoms with van der Waals surface area (Å²) in [4.78, 5) is 13.9. The monoisotopic (exact) mass is 539 g/mol. The van der Waals surface area contributed by atoms with E-state index < -0.39 is 11.2 Å². The van der Waals surface area contributed by atoms with E-state index in [1.54, 1.807) is 7.11 Å². The van der Waals surface area contributed by atoms with Crippen LogP contribution in [0.1, 0.15) is 78.4 Å². The van der Waals surface area contributed by atoms with Gasteiger partial charge in [0.1, 0.15) is 22.7 Å². The molecular formula is C33H49NO5. The van der Waals surface area contributed by atoms with Crippen molar-refractivity contribution >= 4 is 11.7 Å². The van der Waals surface area contributed by atoms with Crippen molar-refractivity contribution in [1.29, 1.82) is 0 Å². The molecule has 0 aliphatic carbocycles. The van der Waals surface area contributed by atoms with Gasteiger partial charge in [0.15, 0.2) is 0 Å². The van der Waals surface area contributed by atoms with Crippen LogP contribution in [0.2, 0.25) is 0 Å². The molecule has 39 heavy (non-hydrogen) atoms. The molecular weight excluding hydrogens is 490 g/mol. The van der Waals surface area contributed by atoms with Gasteiger partial charge in [-0.25, -0.2) is 0 Å². The van der Waals surface area contributed by atoms with Gasteiger partial charge >= 0.3 is 5.97 Å². The zero-order valence-corrected chi connectivity index (χ0v) is 25.4. The Balaban J connectivity index is 0.00000371. The third-order valence-corrected chi connectivity index (χ3v) is 5.74. The highest BCUT2D eigenvalue weighted by Gasteiger charge is 2.30. The summed E-state index contributed by atoms with van der Waals surface area (Å²) in [5.74, 6) is 1.22. The van der Waals surface area contributed by atoms with Gasteiger partial charge in [0, 0.05) is 32.6 Å². The molecule has 2 aromatic carbocycles. The maximum atomic E-state index is 11.9. The van der Waals surface area contributed by atoms with Gasteiger partial charge in [-0.3, -0.25) is 4.79 Å². The molecule has 0 amide bonds. The van der Waals surface area contributed by atoms with Crippen molar-refractivity contribution in [3.8, 4) is 5.75 Å². The van der Waals surface area contributed by atoms with Gasteiger partial charge in [-0.15, -0.1) is 0 Å². The van der Waals surface area contributed by atoms with Gasteiger partial charge in [-0.1, -0.05) is 51.1 Å². The van der Waals surface area contributed by atoms with Gasteiger partial charge in [0.2, 0.25) is 0 Å². The van der Waals surface area contributed by atoms with E-state index >= 15 is 0 Å². The molecule has 0 aliphatic heterocycles. The van der Waals surface area contributed by atoms with Crippen molar-refractivity contribution in [1.82, 2.24) is 0 Å². The summed E-state index contributed by atoms with van der Waals surface area (Å²) in [5, 5.41) is 11.9. The van der Waals surface area contributed by atoms with E-state index in [-0.39, 0.29) is 5.97 Å². The first-order valence-electron chi connectivity index (χ1n) is 13.8. The summed E-state index contributed by atoms with van der Waals surface area (Å²) >= 11 is 0. The Bertz CT molecular complexity index is 1030. The largest absolute Gasteiger partial charge is 0.497 e. The highest BCUT2D eigenvalue weighted by atomic mass is 16.6. The molecule has 0 heterocycles. The third-order valence-electron chi connectivity index (χ3n) is 5.74. The molecule has 0 aromatic heterocycles. The highest BCUT2D eigenvalue weighted by Crippen LogP contribution is 2.35. The second-order valence-corrected chi connectivity index (χ2v) is 10.2. The molecule has 0 radical (unpaired) electrons. The Kier molecular flexibility index (Phi) is 14.4. The lowest BCUT2D eigenvalue weighted by atomic mass is 9.83. The van der Waals surface area contributed by atoms with Crippen LogP contribution in [-0.4, -0.2) is 44.5 Å². The predicted octanol–water partition coefficient (Wildman–Crippen LogP) is 7.40. The average molecular weight is 540 g/mol. The third kappa shape index (κ3) is 11.6. The molecule has 0 saturated heterocycles. The molecule has 1 unspecified atom stereocenters. The van der Waals surface area contributed by atoms with Crippen LogP contribution in [0, 0.1) is 0 Å². The lowest BCUT2D eigenvalue weighted by Crippen LogP contribution is -2.26. The molecule has 216 valence electrons. The smallest absolute Gasteiger partial charge is 0.306 e. The topological polar surface area (TPSA) is 68.2 Å². The SMILES string of the molecule is CC.CC/C=C(\C=C/CC(O)(c1ccc(OCCCC(=O)OC(C)(C)C)cc1)c1ccc(N(C)C)cc1)OC. The standard InChI is InChI=1S/C31H43NO5.C2H6/c1-8-11-27(35-7)12-9-22-31(34,24-14-18-26(19-15-24)32(5)6)25-16-20-28(21-17-25)36-23-10-13-29(33)37-30(2,3)4;1-2/h9,11-12,14-21,34H,8,10,13,22-23H2,1-7H3;1-2H3/b12-9-,27-11+;. The lowest BCUT2D eigenvalue weighted by molar-refractivity contribution is -0.155. The van der Waals surface area contributed by atoms with E-state index in [0.29, 0.717) is 31.6 Å². The van der Waals surface area contributed by atoms with E-state index in [0.717, 1.165) is 29.0 Å². The van der Waals surface area contributed by atoms with Crippen molar-refractivity contribution in [2.75, 3.05) is 32.7 Å². The van der Waals surface area contributed by atoms with Crippen LogP contribution in [0.15, 0.2) is 72.5 Å². The summed E-state index contributed by atoms with van der Waals surface area (Å²) < 4.78 is 16.6. The van der Waals surface area contributed by atoms with E-state index in [1.807, 2.05) is 120 Å². The maximum absolute atomic E-state index is 11.9. The van der Waals surface area contributed by atoms with Crippen molar-refractivity contribution < 1.29 is 24.1 Å². The van der Waals surface area contributed by atoms with Crippen molar-refractivity contribution in [2.24, 2.45) is 0 Å². The molecule has 2 rings (SSSR count). The fraction of sp³-hybridized carbons (Fsp3) is 0.485. The number of hydrogen-bond donors (Lipinski definition) is 1. The second-order valence-electron chi connectivity index (χ2n) is 10.2. The van der Waals surface area contributed by atoms with Crippen LogP contribution in [-0.2, 0) is 19.9 Å². The number of ether oxygens (including phenoxy) is 3. The fourth-order valence-electron chi connectivity index (χ4n) is 3.83. The summed E-state index contributed by atoms with van der Waals surface area (Å²) in [6.07, 6.45) is 7.93. The van der Waals surface area contributed by atoms with Gasteiger partial charge in [0.25, 0.3) is 0 Å². The lowest BCUT2D eigenvalue weighted by Gasteiger charge is -2.29. The molecule has 0 saturated carbocycles. The van der Waals surface area contributed by atoms with E-state index in [1.165, 1.54) is 0 Å². The van der Waals surface area contributed by atoms with Crippen LogP contribution >= 0.6 is 0 Å². The van der Waals surface area contributed by atoms with Crippen molar-refractivity contribution in [3.63, 3.8) is 0 Å². The number of nitrogens with zero attached hydrogens (tertiary/aromatic N) is 1. The Morgan fingerprint density at radius 3 is 2.03 bits per heavy atom. The van der Waals surface area contributed by atoms with Crippen LogP contribution < -0.4 is 9.64 Å². The first-order valence-corrected chi connectivity index (χ1v) is 13.8. The van der Waals surface area contributed by atoms with Gasteiger partial charge in [0.05, 0.1) is 13.7 Å². The Labute approximate surface area is 236 Å². The van der Waals surface area contributed by atoms with Crippen LogP contribution in [0.3, 0.4) is 0 Å². The number of rotatable bonds is 13. The normalized spacial score (nSPS) is 13.2. The number of aliphatic hydroxyl groups is 1. The van der Waals surface area contributed by atoms with Gasteiger partial charge < -0.3 is 24.2 Å². The van der Waals surface area contributed by atoms with Gasteiger partial charge in [-0.2, -0.15) is 0 Å². The second kappa shape index (κ2) is 16.7. The predicted molar refractivity (Wildman–Crippen MR) is 161 cm³/mol. The van der Waals surface area contributed by atoms with Crippen LogP contribution in [0.5, 0.6) is 5.75 Å². The van der Waals surface area contributed by atoms with Crippen molar-refractivity contribution in [3.05, 3.63) is 83.6 Å². The maximum Gasteiger partial charge on any atom is 0.306 e. The number of benzene rings is 2. The molecule has 1 N–H and O–H groups in total. The molecule has 0 bridgehead atoms. The number of hydrogen-bond acceptors (Lipinski definition) is 6. The summed E-state index contributed by atoms with van der Waals surface area (Å²) in [6.45, 7) is 12.0. The van der Waals surface area contributed by atoms with Gasteiger partial charge in [-0.05, 0) is 81.2 Å². The number of esters is 1. The molecule has 2 aromatic rings. The summed E-state index contributed by atoms with van der Waals surface area (Å²) in [5.41, 5.74) is 0.900. The number of anilines is 1. The molecule has 6 nitrogen and oxygen atoms in total. The summed E-state index contributed by atoms with van der Waals surface area (Å²) in [6, 6.07) is 15.4. The molecule has 6 heteroatoms. The number of allylic oxidation sites excluding steroid dienone is 2. The fourth-order valence-corrected chi connectivity index (χ4v) is 3.83. The number of methoxy groups -OCH3 is 1. The highest BCUT2D eigenvalue weighted by molar-refractivity contribution is 5.69. The molecule has 0 spiro atoms. The molecule has 1 atom stereocenters. The van der Waals surface area contributed by atoms with E-state index in [4.69, 9.17) is 14.2 Å². The first-order chi connectivity index (χ1) is 18.5. The van der Waals surface area contributed by atoms with Crippen LogP contribution in [0.4, 0.5) is 5.69 Å².